The number of hydrogen-bond acceptors (Lipinski definition) is 5. The summed E-state index contributed by atoms with van der Waals surface area (Å²) >= 11 is 0. The Balaban J connectivity index is 1.49. The summed E-state index contributed by atoms with van der Waals surface area (Å²) in [5, 5.41) is 10.1. The second-order valence-corrected chi connectivity index (χ2v) is 17.0. The molecule has 0 radical (unpaired) electrons. The maximum Gasteiger partial charge on any atom is 0.415 e. The molecule has 1 saturated carbocycles. The Morgan fingerprint density at radius 2 is 1.89 bits per heavy atom. The summed E-state index contributed by atoms with van der Waals surface area (Å²) in [7, 11) is -1.19. The summed E-state index contributed by atoms with van der Waals surface area (Å²) in [4.78, 5) is 17.3. The molecule has 3 aromatic heterocycles. The van der Waals surface area contributed by atoms with Crippen LogP contribution in [0.3, 0.4) is 0 Å². The normalized spacial score (nSPS) is 19.6. The van der Waals surface area contributed by atoms with Crippen molar-refractivity contribution < 1.29 is 22.6 Å². The number of nitrogens with zero attached hydrogens (tertiary/aromatic N) is 4. The van der Waals surface area contributed by atoms with Gasteiger partial charge in [0.2, 0.25) is 0 Å². The monoisotopic (exact) mass is 548 g/mol. The smallest absolute Gasteiger partial charge is 0.367 e. The molecule has 0 bridgehead atoms. The lowest BCUT2D eigenvalue weighted by Gasteiger charge is -2.32. The molecule has 1 atom stereocenters. The molecule has 7 nitrogen and oxygen atoms in total. The molecular formula is C27H35F3N4O3Si. The molecule has 0 aliphatic heterocycles. The molecule has 0 amide bonds. The van der Waals surface area contributed by atoms with Crippen molar-refractivity contribution in [1.82, 2.24) is 14.1 Å². The molecule has 3 aromatic rings. The third-order valence-corrected chi connectivity index (χ3v) is 8.99. The fourth-order valence-corrected chi connectivity index (χ4v) is 5.80. The number of nitriles is 1. The van der Waals surface area contributed by atoms with Crippen LogP contribution in [0.5, 0.6) is 0 Å². The van der Waals surface area contributed by atoms with Gasteiger partial charge in [-0.3, -0.25) is 4.79 Å². The summed E-state index contributed by atoms with van der Waals surface area (Å²) in [6.45, 7) is 7.99. The molecule has 0 saturated heterocycles. The molecule has 1 aliphatic carbocycles. The zero-order valence-corrected chi connectivity index (χ0v) is 23.1. The highest BCUT2D eigenvalue weighted by Gasteiger charge is 2.41. The molecule has 3 heterocycles. The highest BCUT2D eigenvalue weighted by molar-refractivity contribution is 6.76. The fraction of sp³-hybridized carbons (Fsp3) is 0.593. The van der Waals surface area contributed by atoms with Crippen LogP contribution in [0.4, 0.5) is 13.2 Å². The highest BCUT2D eigenvalue weighted by atomic mass is 28.3. The van der Waals surface area contributed by atoms with Crippen LogP contribution in [0.1, 0.15) is 38.1 Å². The first kappa shape index (κ1) is 28.3. The van der Waals surface area contributed by atoms with Crippen molar-refractivity contribution in [1.29, 1.82) is 5.26 Å². The minimum Gasteiger partial charge on any atom is -0.367 e. The van der Waals surface area contributed by atoms with Gasteiger partial charge in [0.05, 0.1) is 30.0 Å². The first-order valence-corrected chi connectivity index (χ1v) is 16.8. The molecule has 0 spiro atoms. The van der Waals surface area contributed by atoms with Gasteiger partial charge in [0.15, 0.2) is 11.5 Å². The summed E-state index contributed by atoms with van der Waals surface area (Å²) in [6.07, 6.45) is 1.01. The Kier molecular flexibility index (Phi) is 8.64. The van der Waals surface area contributed by atoms with Crippen molar-refractivity contribution in [2.24, 2.45) is 5.92 Å². The van der Waals surface area contributed by atoms with Crippen LogP contribution in [0.15, 0.2) is 35.5 Å². The number of rotatable bonds is 10. The van der Waals surface area contributed by atoms with Gasteiger partial charge in [-0.25, -0.2) is 4.98 Å². The molecule has 1 fully saturated rings. The zero-order chi connectivity index (χ0) is 27.5. The average molecular weight is 549 g/mol. The van der Waals surface area contributed by atoms with Crippen molar-refractivity contribution in [2.75, 3.05) is 13.2 Å². The van der Waals surface area contributed by atoms with Crippen LogP contribution < -0.4 is 5.43 Å². The number of ether oxygens (including phenoxy) is 2. The number of hydrogen-bond donors (Lipinski definition) is 0. The number of halogens is 3. The maximum atomic E-state index is 13.1. The summed E-state index contributed by atoms with van der Waals surface area (Å²) in [6, 6.07) is 6.26. The van der Waals surface area contributed by atoms with Crippen LogP contribution in [0, 0.1) is 17.2 Å². The van der Waals surface area contributed by atoms with Gasteiger partial charge in [-0.15, -0.1) is 0 Å². The molecule has 0 aromatic carbocycles. The van der Waals surface area contributed by atoms with Gasteiger partial charge in [-0.2, -0.15) is 18.4 Å². The van der Waals surface area contributed by atoms with Gasteiger partial charge < -0.3 is 18.6 Å². The third kappa shape index (κ3) is 6.65. The van der Waals surface area contributed by atoms with Gasteiger partial charge >= 0.3 is 6.18 Å². The summed E-state index contributed by atoms with van der Waals surface area (Å²) < 4.78 is 54.3. The van der Waals surface area contributed by atoms with Gasteiger partial charge in [0.25, 0.3) is 0 Å². The Hall–Kier alpha value is -2.68. The van der Waals surface area contributed by atoms with Crippen LogP contribution in [0.25, 0.3) is 21.9 Å². The van der Waals surface area contributed by atoms with E-state index in [-0.39, 0.29) is 24.0 Å². The lowest BCUT2D eigenvalue weighted by molar-refractivity contribution is -0.222. The topological polar surface area (TPSA) is 82.1 Å². The average Bonchev–Trinajstić information content (AvgIpc) is 3.27. The Labute approximate surface area is 221 Å². The number of alkyl halides is 3. The number of aromatic nitrogens is 3. The Morgan fingerprint density at radius 1 is 1.16 bits per heavy atom. The predicted molar refractivity (Wildman–Crippen MR) is 143 cm³/mol. The third-order valence-electron chi connectivity index (χ3n) is 7.28. The number of pyridine rings is 2. The summed E-state index contributed by atoms with van der Waals surface area (Å²) in [5.41, 5.74) is 1.49. The minimum atomic E-state index is -4.54. The lowest BCUT2D eigenvalue weighted by atomic mass is 9.86. The van der Waals surface area contributed by atoms with E-state index in [2.05, 4.69) is 29.2 Å². The van der Waals surface area contributed by atoms with E-state index in [1.165, 1.54) is 0 Å². The largest absolute Gasteiger partial charge is 0.415 e. The van der Waals surface area contributed by atoms with Crippen LogP contribution in [-0.4, -0.2) is 47.7 Å². The van der Waals surface area contributed by atoms with Gasteiger partial charge in [0.1, 0.15) is 12.4 Å². The van der Waals surface area contributed by atoms with E-state index in [1.807, 2.05) is 23.0 Å². The predicted octanol–water partition coefficient (Wildman–Crippen LogP) is 6.26. The second-order valence-electron chi connectivity index (χ2n) is 11.4. The van der Waals surface area contributed by atoms with E-state index in [0.717, 1.165) is 35.4 Å². The minimum absolute atomic E-state index is 0.00323. The van der Waals surface area contributed by atoms with E-state index >= 15 is 0 Å². The van der Waals surface area contributed by atoms with Crippen molar-refractivity contribution >= 4 is 30.0 Å². The summed E-state index contributed by atoms with van der Waals surface area (Å²) in [5.74, 6) is -0.00323. The molecule has 1 unspecified atom stereocenters. The zero-order valence-electron chi connectivity index (χ0n) is 22.1. The van der Waals surface area contributed by atoms with Crippen LogP contribution in [-0.2, 0) is 16.2 Å². The van der Waals surface area contributed by atoms with Crippen molar-refractivity contribution in [3.8, 4) is 6.07 Å². The van der Waals surface area contributed by atoms with E-state index in [9.17, 15) is 18.0 Å². The standard InChI is InChI=1S/C27H35F3N4O3Si/c1-38(2,3)15-14-36-18-33-12-9-21-25-22(16-32-26(21)33)23(35)10-13-34(25)20-6-4-19(5-7-20)17-37-24(8-11-31)27(28,29)30/h9-10,12-13,16,19-20,24H,4-8,14-15,17-18H2,1-3H3. The molecule has 206 valence electrons. The van der Waals surface area contributed by atoms with Crippen molar-refractivity contribution in [2.45, 2.75) is 82.8 Å². The second kappa shape index (κ2) is 11.6. The molecule has 0 N–H and O–H groups in total. The van der Waals surface area contributed by atoms with Gasteiger partial charge in [-0.1, -0.05) is 19.6 Å². The molecule has 11 heteroatoms. The van der Waals surface area contributed by atoms with E-state index in [1.54, 1.807) is 18.3 Å². The quantitative estimate of drug-likeness (QED) is 0.221. The Morgan fingerprint density at radius 3 is 2.55 bits per heavy atom. The first-order chi connectivity index (χ1) is 18.0. The maximum absolute atomic E-state index is 13.1. The molecule has 1 aliphatic rings. The molecular weight excluding hydrogens is 513 g/mol. The fourth-order valence-electron chi connectivity index (χ4n) is 5.04. The van der Waals surface area contributed by atoms with Crippen molar-refractivity contribution in [3.63, 3.8) is 0 Å². The lowest BCUT2D eigenvalue weighted by Crippen LogP contribution is -2.33. The number of fused-ring (bicyclic) bond motifs is 3. The van der Waals surface area contributed by atoms with Crippen LogP contribution in [0.2, 0.25) is 25.7 Å². The SMILES string of the molecule is C[Si](C)(C)CCOCn1ccc2c1ncc1c(=O)ccn(C3CCC(COC(CC#N)C(F)(F)F)CC3)c12. The van der Waals surface area contributed by atoms with Gasteiger partial charge in [0, 0.05) is 50.8 Å². The van der Waals surface area contributed by atoms with E-state index in [4.69, 9.17) is 14.7 Å². The van der Waals surface area contributed by atoms with Gasteiger partial charge in [-0.05, 0) is 43.7 Å². The molecule has 38 heavy (non-hydrogen) atoms. The first-order valence-electron chi connectivity index (χ1n) is 13.1. The van der Waals surface area contributed by atoms with Crippen molar-refractivity contribution in [3.05, 3.63) is 40.9 Å². The molecule has 4 rings (SSSR count). The Bertz CT molecular complexity index is 1350. The highest BCUT2D eigenvalue weighted by Crippen LogP contribution is 2.36. The van der Waals surface area contributed by atoms with E-state index in [0.29, 0.717) is 31.6 Å². The van der Waals surface area contributed by atoms with E-state index < -0.39 is 26.8 Å². The van der Waals surface area contributed by atoms with Crippen LogP contribution >= 0.6 is 0 Å².